The van der Waals surface area contributed by atoms with Crippen LogP contribution < -0.4 is 5.73 Å². The standard InChI is InChI=1S/C13H13ClN2/c1-9(15)10-5-6-12(14)11(8-10)13-4-2-3-7-16-13/h2-9H,15H2,1H3/t9-/m0/s1. The second-order valence-corrected chi connectivity index (χ2v) is 4.15. The van der Waals surface area contributed by atoms with E-state index in [1.54, 1.807) is 6.20 Å². The van der Waals surface area contributed by atoms with Crippen molar-refractivity contribution in [3.05, 3.63) is 53.2 Å². The van der Waals surface area contributed by atoms with Gasteiger partial charge in [0, 0.05) is 22.8 Å². The molecule has 0 aliphatic heterocycles. The maximum absolute atomic E-state index is 6.15. The summed E-state index contributed by atoms with van der Waals surface area (Å²) < 4.78 is 0. The van der Waals surface area contributed by atoms with E-state index in [2.05, 4.69) is 4.98 Å². The predicted octanol–water partition coefficient (Wildman–Crippen LogP) is 3.42. The summed E-state index contributed by atoms with van der Waals surface area (Å²) >= 11 is 6.15. The van der Waals surface area contributed by atoms with Gasteiger partial charge in [-0.25, -0.2) is 0 Å². The van der Waals surface area contributed by atoms with E-state index >= 15 is 0 Å². The van der Waals surface area contributed by atoms with Crippen molar-refractivity contribution >= 4 is 11.6 Å². The molecule has 2 rings (SSSR count). The van der Waals surface area contributed by atoms with Gasteiger partial charge in [0.2, 0.25) is 0 Å². The van der Waals surface area contributed by atoms with E-state index in [9.17, 15) is 0 Å². The number of hydrogen-bond acceptors (Lipinski definition) is 2. The Morgan fingerprint density at radius 2 is 2.06 bits per heavy atom. The highest BCUT2D eigenvalue weighted by Crippen LogP contribution is 2.28. The van der Waals surface area contributed by atoms with E-state index in [1.807, 2.05) is 43.3 Å². The molecule has 1 aromatic carbocycles. The van der Waals surface area contributed by atoms with Crippen LogP contribution in [0.5, 0.6) is 0 Å². The van der Waals surface area contributed by atoms with Crippen molar-refractivity contribution < 1.29 is 0 Å². The minimum absolute atomic E-state index is 0.000251. The molecule has 82 valence electrons. The zero-order valence-corrected chi connectivity index (χ0v) is 9.78. The third-order valence-corrected chi connectivity index (χ3v) is 2.79. The van der Waals surface area contributed by atoms with Crippen LogP contribution in [0.1, 0.15) is 18.5 Å². The van der Waals surface area contributed by atoms with Crippen molar-refractivity contribution in [1.82, 2.24) is 4.98 Å². The summed E-state index contributed by atoms with van der Waals surface area (Å²) in [5, 5.41) is 0.697. The summed E-state index contributed by atoms with van der Waals surface area (Å²) in [4.78, 5) is 4.28. The van der Waals surface area contributed by atoms with Crippen molar-refractivity contribution in [3.63, 3.8) is 0 Å². The highest BCUT2D eigenvalue weighted by molar-refractivity contribution is 6.33. The lowest BCUT2D eigenvalue weighted by Crippen LogP contribution is -2.04. The van der Waals surface area contributed by atoms with Crippen LogP contribution in [-0.4, -0.2) is 4.98 Å². The molecule has 2 nitrogen and oxygen atoms in total. The molecule has 1 aromatic heterocycles. The van der Waals surface area contributed by atoms with Gasteiger partial charge in [0.25, 0.3) is 0 Å². The first kappa shape index (κ1) is 11.1. The summed E-state index contributed by atoms with van der Waals surface area (Å²) in [5.41, 5.74) is 8.71. The molecule has 0 aliphatic carbocycles. The quantitative estimate of drug-likeness (QED) is 0.862. The highest BCUT2D eigenvalue weighted by atomic mass is 35.5. The van der Waals surface area contributed by atoms with E-state index in [-0.39, 0.29) is 6.04 Å². The van der Waals surface area contributed by atoms with Crippen molar-refractivity contribution in [2.24, 2.45) is 5.73 Å². The molecular formula is C13H13ClN2. The number of nitrogens with zero attached hydrogens (tertiary/aromatic N) is 1. The Morgan fingerprint density at radius 1 is 1.25 bits per heavy atom. The molecule has 2 aromatic rings. The zero-order valence-electron chi connectivity index (χ0n) is 9.02. The predicted molar refractivity (Wildman–Crippen MR) is 67.3 cm³/mol. The molecule has 0 fully saturated rings. The van der Waals surface area contributed by atoms with Crippen LogP contribution in [0.2, 0.25) is 5.02 Å². The molecule has 0 amide bonds. The van der Waals surface area contributed by atoms with Gasteiger partial charge in [0.15, 0.2) is 0 Å². The van der Waals surface area contributed by atoms with Crippen molar-refractivity contribution in [2.75, 3.05) is 0 Å². The Morgan fingerprint density at radius 3 is 2.69 bits per heavy atom. The molecular weight excluding hydrogens is 220 g/mol. The Hall–Kier alpha value is -1.38. The second kappa shape index (κ2) is 4.64. The SMILES string of the molecule is C[C@H](N)c1ccc(Cl)c(-c2ccccn2)c1. The van der Waals surface area contributed by atoms with Crippen molar-refractivity contribution in [2.45, 2.75) is 13.0 Å². The van der Waals surface area contributed by atoms with Gasteiger partial charge in [-0.3, -0.25) is 4.98 Å². The van der Waals surface area contributed by atoms with Crippen LogP contribution in [0.4, 0.5) is 0 Å². The minimum atomic E-state index is -0.000251. The third kappa shape index (κ3) is 2.23. The number of rotatable bonds is 2. The summed E-state index contributed by atoms with van der Waals surface area (Å²) in [6, 6.07) is 11.6. The van der Waals surface area contributed by atoms with Gasteiger partial charge in [0.1, 0.15) is 0 Å². The molecule has 0 saturated heterocycles. The summed E-state index contributed by atoms with van der Waals surface area (Å²) in [6.07, 6.45) is 1.75. The van der Waals surface area contributed by atoms with Crippen LogP contribution in [0.3, 0.4) is 0 Å². The number of aromatic nitrogens is 1. The van der Waals surface area contributed by atoms with Crippen LogP contribution in [0, 0.1) is 0 Å². The van der Waals surface area contributed by atoms with Crippen LogP contribution in [0.25, 0.3) is 11.3 Å². The number of halogens is 1. The van der Waals surface area contributed by atoms with Gasteiger partial charge in [-0.1, -0.05) is 23.7 Å². The number of hydrogen-bond donors (Lipinski definition) is 1. The molecule has 0 aliphatic rings. The van der Waals surface area contributed by atoms with Crippen molar-refractivity contribution in [1.29, 1.82) is 0 Å². The molecule has 1 heterocycles. The van der Waals surface area contributed by atoms with Gasteiger partial charge < -0.3 is 5.73 Å². The van der Waals surface area contributed by atoms with E-state index in [4.69, 9.17) is 17.3 Å². The van der Waals surface area contributed by atoms with E-state index < -0.39 is 0 Å². The first-order valence-corrected chi connectivity index (χ1v) is 5.52. The first-order chi connectivity index (χ1) is 7.68. The Labute approximate surface area is 100 Å². The monoisotopic (exact) mass is 232 g/mol. The van der Waals surface area contributed by atoms with E-state index in [0.29, 0.717) is 5.02 Å². The molecule has 1 atom stereocenters. The lowest BCUT2D eigenvalue weighted by atomic mass is 10.0. The molecule has 0 radical (unpaired) electrons. The average molecular weight is 233 g/mol. The zero-order chi connectivity index (χ0) is 11.5. The van der Waals surface area contributed by atoms with Gasteiger partial charge in [-0.15, -0.1) is 0 Å². The van der Waals surface area contributed by atoms with E-state index in [1.165, 1.54) is 0 Å². The highest BCUT2D eigenvalue weighted by Gasteiger charge is 2.07. The van der Waals surface area contributed by atoms with Crippen molar-refractivity contribution in [3.8, 4) is 11.3 Å². The second-order valence-electron chi connectivity index (χ2n) is 3.74. The van der Waals surface area contributed by atoms with Crippen LogP contribution in [-0.2, 0) is 0 Å². The Kier molecular flexibility index (Phi) is 3.22. The molecule has 2 N–H and O–H groups in total. The summed E-state index contributed by atoms with van der Waals surface area (Å²) in [7, 11) is 0. The van der Waals surface area contributed by atoms with E-state index in [0.717, 1.165) is 16.8 Å². The average Bonchev–Trinajstić information content (AvgIpc) is 2.30. The maximum atomic E-state index is 6.15. The number of pyridine rings is 1. The largest absolute Gasteiger partial charge is 0.324 e. The fourth-order valence-electron chi connectivity index (χ4n) is 1.54. The van der Waals surface area contributed by atoms with Crippen LogP contribution >= 0.6 is 11.6 Å². The van der Waals surface area contributed by atoms with Crippen LogP contribution in [0.15, 0.2) is 42.6 Å². The van der Waals surface area contributed by atoms with Gasteiger partial charge in [0.05, 0.1) is 5.69 Å². The number of nitrogens with two attached hydrogens (primary N) is 1. The molecule has 0 saturated carbocycles. The third-order valence-electron chi connectivity index (χ3n) is 2.46. The van der Waals surface area contributed by atoms with Gasteiger partial charge >= 0.3 is 0 Å². The lowest BCUT2D eigenvalue weighted by molar-refractivity contribution is 0.818. The fraction of sp³-hybridized carbons (Fsp3) is 0.154. The molecule has 0 spiro atoms. The topological polar surface area (TPSA) is 38.9 Å². The smallest absolute Gasteiger partial charge is 0.0717 e. The molecule has 0 unspecified atom stereocenters. The first-order valence-electron chi connectivity index (χ1n) is 5.15. The lowest BCUT2D eigenvalue weighted by Gasteiger charge is -2.09. The fourth-order valence-corrected chi connectivity index (χ4v) is 1.76. The summed E-state index contributed by atoms with van der Waals surface area (Å²) in [6.45, 7) is 1.95. The normalized spacial score (nSPS) is 12.4. The Balaban J connectivity index is 2.52. The minimum Gasteiger partial charge on any atom is -0.324 e. The summed E-state index contributed by atoms with van der Waals surface area (Å²) in [5.74, 6) is 0. The van der Waals surface area contributed by atoms with Gasteiger partial charge in [-0.05, 0) is 36.8 Å². The molecule has 0 bridgehead atoms. The maximum Gasteiger partial charge on any atom is 0.0717 e. The van der Waals surface area contributed by atoms with Gasteiger partial charge in [-0.2, -0.15) is 0 Å². The number of benzene rings is 1. The Bertz CT molecular complexity index is 481. The molecule has 16 heavy (non-hydrogen) atoms. The molecule has 3 heteroatoms.